The van der Waals surface area contributed by atoms with Gasteiger partial charge >= 0.3 is 6.18 Å². The summed E-state index contributed by atoms with van der Waals surface area (Å²) in [5.41, 5.74) is 0.653. The van der Waals surface area contributed by atoms with Crippen molar-refractivity contribution in [3.8, 4) is 0 Å². The van der Waals surface area contributed by atoms with Crippen LogP contribution in [0.1, 0.15) is 11.4 Å². The maximum atomic E-state index is 12.9. The molecule has 1 fully saturated rings. The van der Waals surface area contributed by atoms with Gasteiger partial charge in [-0.25, -0.2) is 4.98 Å². The van der Waals surface area contributed by atoms with E-state index < -0.39 is 11.7 Å². The lowest BCUT2D eigenvalue weighted by molar-refractivity contribution is -0.137. The number of hydrogen-bond acceptors (Lipinski definition) is 3. The Kier molecular flexibility index (Phi) is 3.67. The van der Waals surface area contributed by atoms with Gasteiger partial charge in [-0.1, -0.05) is 6.07 Å². The molecule has 3 aromatic rings. The quantitative estimate of drug-likeness (QED) is 0.721. The lowest BCUT2D eigenvalue weighted by atomic mass is 9.97. The van der Waals surface area contributed by atoms with Crippen LogP contribution >= 0.6 is 0 Å². The minimum atomic E-state index is -4.35. The summed E-state index contributed by atoms with van der Waals surface area (Å²) < 4.78 is 40.7. The molecule has 0 unspecified atom stereocenters. The molecule has 4 nitrogen and oxygen atoms in total. The molecule has 1 aliphatic heterocycles. The van der Waals surface area contributed by atoms with Crippen LogP contribution in [0, 0.1) is 12.8 Å². The van der Waals surface area contributed by atoms with Crippen LogP contribution in [0.5, 0.6) is 0 Å². The first-order chi connectivity index (χ1) is 11.9. The van der Waals surface area contributed by atoms with Crippen LogP contribution in [-0.2, 0) is 12.7 Å². The van der Waals surface area contributed by atoms with Gasteiger partial charge in [0.05, 0.1) is 11.1 Å². The van der Waals surface area contributed by atoms with Crippen molar-refractivity contribution >= 4 is 16.6 Å². The highest BCUT2D eigenvalue weighted by atomic mass is 19.4. The summed E-state index contributed by atoms with van der Waals surface area (Å²) >= 11 is 0. The predicted molar refractivity (Wildman–Crippen MR) is 89.4 cm³/mol. The van der Waals surface area contributed by atoms with Crippen LogP contribution in [-0.4, -0.2) is 27.6 Å². The zero-order chi connectivity index (χ0) is 17.6. The van der Waals surface area contributed by atoms with E-state index in [0.717, 1.165) is 48.7 Å². The molecule has 0 atom stereocenters. The molecule has 0 radical (unpaired) electrons. The average molecular weight is 346 g/mol. The molecule has 130 valence electrons. The Morgan fingerprint density at radius 2 is 1.92 bits per heavy atom. The Morgan fingerprint density at radius 1 is 1.12 bits per heavy atom. The van der Waals surface area contributed by atoms with Gasteiger partial charge in [-0.15, -0.1) is 0 Å². The number of imidazole rings is 1. The number of rotatable bonds is 3. The lowest BCUT2D eigenvalue weighted by Crippen LogP contribution is -2.48. The normalized spacial score (nSPS) is 15.6. The molecule has 0 N–H and O–H groups in total. The third-order valence-electron chi connectivity index (χ3n) is 4.72. The zero-order valence-electron chi connectivity index (χ0n) is 13.7. The van der Waals surface area contributed by atoms with E-state index in [-0.39, 0.29) is 0 Å². The highest BCUT2D eigenvalue weighted by Gasteiger charge is 2.32. The summed E-state index contributed by atoms with van der Waals surface area (Å²) in [6, 6.07) is 5.63. The Morgan fingerprint density at radius 3 is 2.60 bits per heavy atom. The van der Waals surface area contributed by atoms with Gasteiger partial charge in [-0.05, 0) is 25.1 Å². The smallest absolute Gasteiger partial charge is 0.370 e. The molecule has 0 amide bonds. The number of hydrogen-bond donors (Lipinski definition) is 0. The Bertz CT molecular complexity index is 910. The summed E-state index contributed by atoms with van der Waals surface area (Å²) in [4.78, 5) is 10.5. The number of pyridine rings is 1. The maximum absolute atomic E-state index is 12.9. The fraction of sp³-hybridized carbons (Fsp3) is 0.333. The van der Waals surface area contributed by atoms with Crippen LogP contribution in [0.4, 0.5) is 18.9 Å². The molecule has 0 saturated carbocycles. The van der Waals surface area contributed by atoms with Crippen molar-refractivity contribution in [3.05, 3.63) is 54.2 Å². The van der Waals surface area contributed by atoms with Gasteiger partial charge in [0.25, 0.3) is 0 Å². The molecule has 0 spiro atoms. The Hall–Kier alpha value is -2.57. The van der Waals surface area contributed by atoms with Crippen molar-refractivity contribution in [3.63, 3.8) is 0 Å². The second-order valence-electron chi connectivity index (χ2n) is 6.46. The van der Waals surface area contributed by atoms with E-state index >= 15 is 0 Å². The number of aromatic nitrogens is 3. The van der Waals surface area contributed by atoms with Crippen LogP contribution in [0.15, 0.2) is 42.9 Å². The minimum absolute atomic E-state index is 0.376. The van der Waals surface area contributed by atoms with E-state index in [0.29, 0.717) is 11.4 Å². The fourth-order valence-corrected chi connectivity index (χ4v) is 3.34. The number of nitrogens with zero attached hydrogens (tertiary/aromatic N) is 4. The molecule has 25 heavy (non-hydrogen) atoms. The summed E-state index contributed by atoms with van der Waals surface area (Å²) in [7, 11) is 0. The van der Waals surface area contributed by atoms with Crippen molar-refractivity contribution in [1.29, 1.82) is 0 Å². The average Bonchev–Trinajstić information content (AvgIpc) is 2.94. The van der Waals surface area contributed by atoms with Gasteiger partial charge in [-0.2, -0.15) is 13.2 Å². The highest BCUT2D eigenvalue weighted by molar-refractivity contribution is 5.92. The first-order valence-corrected chi connectivity index (χ1v) is 8.10. The number of aryl methyl sites for hydroxylation is 1. The van der Waals surface area contributed by atoms with Crippen molar-refractivity contribution in [2.45, 2.75) is 19.6 Å². The number of fused-ring (bicyclic) bond motifs is 1. The summed E-state index contributed by atoms with van der Waals surface area (Å²) in [6.45, 7) is 4.63. The van der Waals surface area contributed by atoms with Crippen LogP contribution < -0.4 is 4.90 Å². The van der Waals surface area contributed by atoms with E-state index in [1.165, 1.54) is 6.07 Å². The van der Waals surface area contributed by atoms with Crippen molar-refractivity contribution < 1.29 is 13.2 Å². The van der Waals surface area contributed by atoms with E-state index in [4.69, 9.17) is 0 Å². The van der Waals surface area contributed by atoms with Crippen molar-refractivity contribution in [1.82, 2.24) is 14.5 Å². The van der Waals surface area contributed by atoms with Gasteiger partial charge in [0.1, 0.15) is 5.82 Å². The third kappa shape index (κ3) is 2.94. The topological polar surface area (TPSA) is 34.0 Å². The molecule has 1 saturated heterocycles. The summed E-state index contributed by atoms with van der Waals surface area (Å²) in [6.07, 6.45) is 0.987. The van der Waals surface area contributed by atoms with E-state index in [1.54, 1.807) is 12.4 Å². The van der Waals surface area contributed by atoms with Gasteiger partial charge in [0, 0.05) is 55.2 Å². The molecule has 4 rings (SSSR count). The molecule has 0 aliphatic carbocycles. The molecular weight excluding hydrogens is 329 g/mol. The molecule has 3 heterocycles. The SMILES string of the molecule is Cc1nccn1CC1CN(c2ccnc3cc(C(F)(F)F)ccc23)C1. The number of benzene rings is 1. The standard InChI is InChI=1S/C18H17F3N4/c1-12-22-6-7-24(12)9-13-10-25(11-13)17-4-5-23-16-8-14(18(19,20)21)2-3-15(16)17/h2-8,13H,9-11H2,1H3. The van der Waals surface area contributed by atoms with E-state index in [2.05, 4.69) is 19.4 Å². The molecule has 1 aliphatic rings. The van der Waals surface area contributed by atoms with Crippen LogP contribution in [0.3, 0.4) is 0 Å². The van der Waals surface area contributed by atoms with Crippen molar-refractivity contribution in [2.75, 3.05) is 18.0 Å². The van der Waals surface area contributed by atoms with Gasteiger partial charge in [0.15, 0.2) is 0 Å². The monoisotopic (exact) mass is 346 g/mol. The second kappa shape index (κ2) is 5.75. The summed E-state index contributed by atoms with van der Waals surface area (Å²) in [5, 5.41) is 0.757. The first kappa shape index (κ1) is 15.9. The number of alkyl halides is 3. The highest BCUT2D eigenvalue weighted by Crippen LogP contribution is 2.35. The Balaban J connectivity index is 1.54. The third-order valence-corrected chi connectivity index (χ3v) is 4.72. The van der Waals surface area contributed by atoms with Crippen LogP contribution in [0.2, 0.25) is 0 Å². The molecule has 7 heteroatoms. The minimum Gasteiger partial charge on any atom is -0.370 e. The van der Waals surface area contributed by atoms with E-state index in [1.807, 2.05) is 19.2 Å². The zero-order valence-corrected chi connectivity index (χ0v) is 13.7. The largest absolute Gasteiger partial charge is 0.416 e. The predicted octanol–water partition coefficient (Wildman–Crippen LogP) is 3.89. The van der Waals surface area contributed by atoms with E-state index in [9.17, 15) is 13.2 Å². The molecule has 0 bridgehead atoms. The van der Waals surface area contributed by atoms with Crippen molar-refractivity contribution in [2.24, 2.45) is 5.92 Å². The van der Waals surface area contributed by atoms with Crippen LogP contribution in [0.25, 0.3) is 10.9 Å². The molecule has 2 aromatic heterocycles. The van der Waals surface area contributed by atoms with Gasteiger partial charge in [0.2, 0.25) is 0 Å². The second-order valence-corrected chi connectivity index (χ2v) is 6.46. The first-order valence-electron chi connectivity index (χ1n) is 8.10. The summed E-state index contributed by atoms with van der Waals surface area (Å²) in [5.74, 6) is 1.50. The Labute approximate surface area is 142 Å². The molecule has 1 aromatic carbocycles. The van der Waals surface area contributed by atoms with Gasteiger partial charge < -0.3 is 9.47 Å². The lowest BCUT2D eigenvalue weighted by Gasteiger charge is -2.41. The number of halogens is 3. The molecular formula is C18H17F3N4. The fourth-order valence-electron chi connectivity index (χ4n) is 3.34. The number of anilines is 1. The maximum Gasteiger partial charge on any atom is 0.416 e. The van der Waals surface area contributed by atoms with Gasteiger partial charge in [-0.3, -0.25) is 4.98 Å².